The number of methoxy groups -OCH3 is 1. The zero-order valence-corrected chi connectivity index (χ0v) is 13.4. The predicted octanol–water partition coefficient (Wildman–Crippen LogP) is 2.09. The summed E-state index contributed by atoms with van der Waals surface area (Å²) in [5, 5.41) is 3.37. The van der Waals surface area contributed by atoms with E-state index >= 15 is 0 Å². The number of nitrogens with two attached hydrogens (primary N) is 1. The van der Waals surface area contributed by atoms with Crippen LogP contribution < -0.4 is 11.1 Å². The summed E-state index contributed by atoms with van der Waals surface area (Å²) in [4.78, 5) is 11.9. The topological polar surface area (TPSA) is 73.6 Å². The fourth-order valence-corrected chi connectivity index (χ4v) is 2.09. The van der Waals surface area contributed by atoms with Crippen molar-refractivity contribution < 1.29 is 14.3 Å². The third-order valence-corrected chi connectivity index (χ3v) is 3.23. The van der Waals surface area contributed by atoms with Crippen LogP contribution in [0.25, 0.3) is 0 Å². The normalized spacial score (nSPS) is 17.4. The lowest BCUT2D eigenvalue weighted by Crippen LogP contribution is -2.22. The minimum atomic E-state index is -0.407. The Balaban J connectivity index is 2.58. The summed E-state index contributed by atoms with van der Waals surface area (Å²) in [5.74, 6) is -0.0951. The highest BCUT2D eigenvalue weighted by Crippen LogP contribution is 2.22. The minimum absolute atomic E-state index is 0.242. The molecule has 3 N–H and O–H groups in total. The summed E-state index contributed by atoms with van der Waals surface area (Å²) < 4.78 is 10.2. The molecule has 0 aromatic carbocycles. The number of rotatable bonds is 8. The Bertz CT molecular complexity index is 400. The first-order valence-corrected chi connectivity index (χ1v) is 7.63. The molecule has 0 saturated carbocycles. The van der Waals surface area contributed by atoms with Crippen molar-refractivity contribution in [3.8, 4) is 0 Å². The highest BCUT2D eigenvalue weighted by atomic mass is 16.5. The molecule has 5 heteroatoms. The average Bonchev–Trinajstić information content (AvgIpc) is 2.48. The lowest BCUT2D eigenvalue weighted by atomic mass is 9.97. The lowest BCUT2D eigenvalue weighted by Gasteiger charge is -2.18. The van der Waals surface area contributed by atoms with Crippen LogP contribution in [0.1, 0.15) is 39.5 Å². The number of hydrogen-bond donors (Lipinski definition) is 2. The van der Waals surface area contributed by atoms with E-state index in [9.17, 15) is 4.79 Å². The number of nitrogens with one attached hydrogen (secondary N) is 1. The van der Waals surface area contributed by atoms with E-state index in [1.54, 1.807) is 7.11 Å². The van der Waals surface area contributed by atoms with Crippen molar-refractivity contribution in [2.45, 2.75) is 39.5 Å². The smallest absolute Gasteiger partial charge is 0.354 e. The van der Waals surface area contributed by atoms with Gasteiger partial charge >= 0.3 is 5.97 Å². The maximum Gasteiger partial charge on any atom is 0.354 e. The van der Waals surface area contributed by atoms with Crippen LogP contribution in [-0.2, 0) is 14.3 Å². The molecule has 0 saturated heterocycles. The second-order valence-corrected chi connectivity index (χ2v) is 5.73. The second-order valence-electron chi connectivity index (χ2n) is 5.73. The predicted molar refractivity (Wildman–Crippen MR) is 83.4 cm³/mol. The number of hydrogen-bond acceptors (Lipinski definition) is 5. The zero-order valence-electron chi connectivity index (χ0n) is 13.4. The van der Waals surface area contributed by atoms with Gasteiger partial charge in [-0.15, -0.1) is 0 Å². The molecule has 0 heterocycles. The molecular formula is C16H28N2O3. The van der Waals surface area contributed by atoms with Gasteiger partial charge in [-0.2, -0.15) is 0 Å². The van der Waals surface area contributed by atoms with Crippen LogP contribution in [0.5, 0.6) is 0 Å². The molecule has 0 atom stereocenters. The Labute approximate surface area is 127 Å². The maximum absolute atomic E-state index is 11.9. The number of carbonyl (C=O) groups is 1. The van der Waals surface area contributed by atoms with E-state index in [1.807, 2.05) is 19.9 Å². The minimum Gasteiger partial charge on any atom is -0.461 e. The summed E-state index contributed by atoms with van der Waals surface area (Å²) in [7, 11) is 1.70. The molecule has 0 aromatic heterocycles. The first-order chi connectivity index (χ1) is 10.0. The Kier molecular flexibility index (Phi) is 7.90. The van der Waals surface area contributed by atoms with Crippen LogP contribution in [0.4, 0.5) is 0 Å². The zero-order chi connectivity index (χ0) is 15.7. The fraction of sp³-hybridized carbons (Fsp3) is 0.688. The van der Waals surface area contributed by atoms with E-state index in [2.05, 4.69) is 5.32 Å². The second kappa shape index (κ2) is 9.45. The third kappa shape index (κ3) is 6.67. The van der Waals surface area contributed by atoms with E-state index < -0.39 is 5.97 Å². The summed E-state index contributed by atoms with van der Waals surface area (Å²) in [6.45, 7) is 6.01. The molecule has 0 amide bonds. The molecule has 5 nitrogen and oxygen atoms in total. The van der Waals surface area contributed by atoms with Gasteiger partial charge in [0.15, 0.2) is 0 Å². The largest absolute Gasteiger partial charge is 0.461 e. The average molecular weight is 296 g/mol. The highest BCUT2D eigenvalue weighted by molar-refractivity contribution is 5.88. The molecule has 0 spiro atoms. The van der Waals surface area contributed by atoms with Crippen molar-refractivity contribution >= 4 is 5.97 Å². The standard InChI is InChI=1S/C16H28N2O3/c1-12(2)11-21-16(19)15(17)13-6-4-7-14(10-13)18-8-5-9-20-3/h10,12,18H,4-9,11,17H2,1-3H3/b15-13+. The van der Waals surface area contributed by atoms with Crippen LogP contribution in [0.15, 0.2) is 23.0 Å². The molecule has 120 valence electrons. The molecule has 1 rings (SSSR count). The summed E-state index contributed by atoms with van der Waals surface area (Å²) in [6.07, 6.45) is 5.76. The van der Waals surface area contributed by atoms with Gasteiger partial charge in [-0.1, -0.05) is 13.8 Å². The van der Waals surface area contributed by atoms with Crippen LogP contribution in [0.3, 0.4) is 0 Å². The first kappa shape index (κ1) is 17.6. The van der Waals surface area contributed by atoms with Gasteiger partial charge < -0.3 is 20.5 Å². The van der Waals surface area contributed by atoms with Gasteiger partial charge in [-0.05, 0) is 43.3 Å². The lowest BCUT2D eigenvalue weighted by molar-refractivity contribution is -0.140. The molecule has 0 aliphatic heterocycles. The van der Waals surface area contributed by atoms with Gasteiger partial charge in [0.1, 0.15) is 5.70 Å². The van der Waals surface area contributed by atoms with Gasteiger partial charge in [-0.25, -0.2) is 4.79 Å². The van der Waals surface area contributed by atoms with Crippen molar-refractivity contribution in [1.29, 1.82) is 0 Å². The quantitative estimate of drug-likeness (QED) is 0.407. The molecule has 0 aromatic rings. The van der Waals surface area contributed by atoms with Gasteiger partial charge in [0.05, 0.1) is 6.61 Å². The van der Waals surface area contributed by atoms with Crippen LogP contribution in [0, 0.1) is 5.92 Å². The molecule has 21 heavy (non-hydrogen) atoms. The number of esters is 1. The summed E-state index contributed by atoms with van der Waals surface area (Å²) in [6, 6.07) is 0. The van der Waals surface area contributed by atoms with Gasteiger partial charge in [0.25, 0.3) is 0 Å². The molecule has 0 unspecified atom stereocenters. The van der Waals surface area contributed by atoms with Crippen molar-refractivity contribution in [3.05, 3.63) is 23.0 Å². The van der Waals surface area contributed by atoms with E-state index in [-0.39, 0.29) is 5.70 Å². The maximum atomic E-state index is 11.9. The molecule has 0 bridgehead atoms. The van der Waals surface area contributed by atoms with Crippen molar-refractivity contribution in [1.82, 2.24) is 5.32 Å². The first-order valence-electron chi connectivity index (χ1n) is 7.63. The van der Waals surface area contributed by atoms with E-state index in [0.29, 0.717) is 12.5 Å². The fourth-order valence-electron chi connectivity index (χ4n) is 2.09. The van der Waals surface area contributed by atoms with Gasteiger partial charge in [-0.3, -0.25) is 0 Å². The number of ether oxygens (including phenoxy) is 2. The molecule has 0 fully saturated rings. The third-order valence-electron chi connectivity index (χ3n) is 3.23. The molecule has 1 aliphatic rings. The van der Waals surface area contributed by atoms with Gasteiger partial charge in [0, 0.05) is 26.0 Å². The molecular weight excluding hydrogens is 268 g/mol. The Hall–Kier alpha value is -1.49. The van der Waals surface area contributed by atoms with Crippen molar-refractivity contribution in [3.63, 3.8) is 0 Å². The van der Waals surface area contributed by atoms with Crippen molar-refractivity contribution in [2.75, 3.05) is 26.9 Å². The van der Waals surface area contributed by atoms with Crippen LogP contribution in [-0.4, -0.2) is 32.8 Å². The summed E-state index contributed by atoms with van der Waals surface area (Å²) in [5.41, 5.74) is 8.18. The Morgan fingerprint density at radius 1 is 1.43 bits per heavy atom. The monoisotopic (exact) mass is 296 g/mol. The van der Waals surface area contributed by atoms with Crippen molar-refractivity contribution in [2.24, 2.45) is 11.7 Å². The summed E-state index contributed by atoms with van der Waals surface area (Å²) >= 11 is 0. The van der Waals surface area contributed by atoms with E-state index in [0.717, 1.165) is 50.1 Å². The Morgan fingerprint density at radius 2 is 2.19 bits per heavy atom. The number of carbonyl (C=O) groups excluding carboxylic acids is 1. The molecule has 0 radical (unpaired) electrons. The van der Waals surface area contributed by atoms with E-state index in [4.69, 9.17) is 15.2 Å². The van der Waals surface area contributed by atoms with Gasteiger partial charge in [0.2, 0.25) is 0 Å². The van der Waals surface area contributed by atoms with Crippen LogP contribution >= 0.6 is 0 Å². The Morgan fingerprint density at radius 3 is 2.86 bits per heavy atom. The SMILES string of the molecule is COCCCNC1=C/C(=C(/N)C(=O)OCC(C)C)CCC1. The molecule has 1 aliphatic carbocycles. The van der Waals surface area contributed by atoms with E-state index in [1.165, 1.54) is 0 Å². The van der Waals surface area contributed by atoms with Crippen LogP contribution in [0.2, 0.25) is 0 Å². The highest BCUT2D eigenvalue weighted by Gasteiger charge is 2.16. The number of allylic oxidation sites excluding steroid dienone is 3.